The zero-order chi connectivity index (χ0) is 16.1. The van der Waals surface area contributed by atoms with Crippen LogP contribution in [-0.4, -0.2) is 58.1 Å². The van der Waals surface area contributed by atoms with Gasteiger partial charge >= 0.3 is 0 Å². The zero-order valence-electron chi connectivity index (χ0n) is 14.5. The molecule has 0 heterocycles. The van der Waals surface area contributed by atoms with Crippen molar-refractivity contribution in [3.8, 4) is 0 Å². The van der Waals surface area contributed by atoms with E-state index in [-0.39, 0.29) is 5.75 Å². The summed E-state index contributed by atoms with van der Waals surface area (Å²) in [6, 6.07) is 0.534. The molecule has 0 aliphatic heterocycles. The molecule has 1 fully saturated rings. The predicted molar refractivity (Wildman–Crippen MR) is 90.4 cm³/mol. The molecule has 1 aliphatic carbocycles. The van der Waals surface area contributed by atoms with Gasteiger partial charge in [-0.25, -0.2) is 8.42 Å². The summed E-state index contributed by atoms with van der Waals surface area (Å²) in [6.45, 7) is 9.62. The lowest BCUT2D eigenvalue weighted by Gasteiger charge is -2.46. The smallest absolute Gasteiger partial charge is 0.148 e. The molecule has 0 radical (unpaired) electrons. The van der Waals surface area contributed by atoms with E-state index in [1.807, 2.05) is 7.05 Å². The van der Waals surface area contributed by atoms with Crippen LogP contribution >= 0.6 is 0 Å². The molecule has 1 saturated carbocycles. The monoisotopic (exact) mass is 318 g/mol. The summed E-state index contributed by atoms with van der Waals surface area (Å²) in [5.41, 5.74) is 0.329. The predicted octanol–water partition coefficient (Wildman–Crippen LogP) is 2.16. The Morgan fingerprint density at radius 3 is 2.57 bits per heavy atom. The second-order valence-corrected chi connectivity index (χ2v) is 9.72. The van der Waals surface area contributed by atoms with E-state index in [9.17, 15) is 8.42 Å². The highest BCUT2D eigenvalue weighted by molar-refractivity contribution is 7.90. The Balaban J connectivity index is 2.60. The molecule has 2 unspecified atom stereocenters. The van der Waals surface area contributed by atoms with Crippen LogP contribution in [0.15, 0.2) is 0 Å². The van der Waals surface area contributed by atoms with E-state index in [4.69, 9.17) is 0 Å². The number of hydrogen-bond acceptors (Lipinski definition) is 4. The molecule has 0 saturated heterocycles. The van der Waals surface area contributed by atoms with Crippen LogP contribution in [0.3, 0.4) is 0 Å². The van der Waals surface area contributed by atoms with Gasteiger partial charge in [-0.2, -0.15) is 0 Å². The fourth-order valence-corrected chi connectivity index (χ4v) is 4.18. The third-order valence-corrected chi connectivity index (χ3v) is 5.64. The lowest BCUT2D eigenvalue weighted by molar-refractivity contribution is 0.0867. The lowest BCUT2D eigenvalue weighted by Crippen LogP contribution is -2.52. The first kappa shape index (κ1) is 18.9. The Labute approximate surface area is 131 Å². The van der Waals surface area contributed by atoms with E-state index in [0.29, 0.717) is 23.9 Å². The molecule has 0 aromatic heterocycles. The van der Waals surface area contributed by atoms with Crippen LogP contribution in [0.2, 0.25) is 0 Å². The van der Waals surface area contributed by atoms with Crippen molar-refractivity contribution in [2.24, 2.45) is 11.3 Å². The van der Waals surface area contributed by atoms with Crippen molar-refractivity contribution in [2.75, 3.05) is 38.7 Å². The molecule has 0 amide bonds. The van der Waals surface area contributed by atoms with Crippen LogP contribution in [0.25, 0.3) is 0 Å². The van der Waals surface area contributed by atoms with Crippen molar-refractivity contribution < 1.29 is 8.42 Å². The first-order chi connectivity index (χ1) is 9.65. The van der Waals surface area contributed by atoms with Gasteiger partial charge in [-0.15, -0.1) is 0 Å². The van der Waals surface area contributed by atoms with E-state index in [2.05, 4.69) is 31.0 Å². The van der Waals surface area contributed by atoms with Crippen LogP contribution in [0, 0.1) is 11.3 Å². The quantitative estimate of drug-likeness (QED) is 0.745. The number of nitrogens with zero attached hydrogens (tertiary/aromatic N) is 1. The number of hydrogen-bond donors (Lipinski definition) is 1. The molecule has 1 rings (SSSR count). The Morgan fingerprint density at radius 2 is 2.00 bits per heavy atom. The molecule has 0 aromatic rings. The van der Waals surface area contributed by atoms with Gasteiger partial charge in [-0.1, -0.05) is 27.2 Å². The molecule has 4 nitrogen and oxygen atoms in total. The first-order valence-corrected chi connectivity index (χ1v) is 10.3. The normalized spacial score (nSPS) is 26.2. The minimum atomic E-state index is -2.87. The lowest BCUT2D eigenvalue weighted by atomic mass is 9.67. The average molecular weight is 319 g/mol. The third kappa shape index (κ3) is 6.66. The van der Waals surface area contributed by atoms with Gasteiger partial charge < -0.3 is 10.2 Å². The van der Waals surface area contributed by atoms with E-state index < -0.39 is 9.84 Å². The van der Waals surface area contributed by atoms with Gasteiger partial charge in [-0.3, -0.25) is 0 Å². The van der Waals surface area contributed by atoms with Gasteiger partial charge in [0.1, 0.15) is 9.84 Å². The first-order valence-electron chi connectivity index (χ1n) is 8.25. The second kappa shape index (κ2) is 7.93. The van der Waals surface area contributed by atoms with E-state index in [0.717, 1.165) is 19.5 Å². The summed E-state index contributed by atoms with van der Waals surface area (Å²) >= 11 is 0. The van der Waals surface area contributed by atoms with Crippen LogP contribution in [0.5, 0.6) is 0 Å². The van der Waals surface area contributed by atoms with Crippen molar-refractivity contribution in [1.29, 1.82) is 0 Å². The van der Waals surface area contributed by atoms with Crippen molar-refractivity contribution in [3.05, 3.63) is 0 Å². The fourth-order valence-electron chi connectivity index (χ4n) is 3.53. The Bertz CT molecular complexity index is 407. The van der Waals surface area contributed by atoms with Gasteiger partial charge in [0.25, 0.3) is 0 Å². The molecule has 2 atom stereocenters. The third-order valence-electron chi connectivity index (χ3n) is 4.71. The highest BCUT2D eigenvalue weighted by Gasteiger charge is 2.38. The molecule has 1 aliphatic rings. The van der Waals surface area contributed by atoms with E-state index in [1.54, 1.807) is 0 Å². The highest BCUT2D eigenvalue weighted by Crippen LogP contribution is 2.39. The van der Waals surface area contributed by atoms with Gasteiger partial charge in [0.2, 0.25) is 0 Å². The highest BCUT2D eigenvalue weighted by atomic mass is 32.2. The van der Waals surface area contributed by atoms with Gasteiger partial charge in [0.15, 0.2) is 0 Å². The number of rotatable bonds is 8. The minimum Gasteiger partial charge on any atom is -0.313 e. The topological polar surface area (TPSA) is 49.4 Å². The fraction of sp³-hybridized carbons (Fsp3) is 1.00. The molecule has 1 N–H and O–H groups in total. The summed E-state index contributed by atoms with van der Waals surface area (Å²) in [4.78, 5) is 2.19. The van der Waals surface area contributed by atoms with E-state index >= 15 is 0 Å². The molecular weight excluding hydrogens is 284 g/mol. The molecule has 5 heteroatoms. The molecule has 21 heavy (non-hydrogen) atoms. The average Bonchev–Trinajstić information content (AvgIpc) is 2.34. The summed E-state index contributed by atoms with van der Waals surface area (Å²) in [5.74, 6) is 0.872. The van der Waals surface area contributed by atoms with Gasteiger partial charge in [-0.05, 0) is 44.2 Å². The van der Waals surface area contributed by atoms with Gasteiger partial charge in [0, 0.05) is 25.4 Å². The molecule has 126 valence electrons. The van der Waals surface area contributed by atoms with Crippen LogP contribution in [0.1, 0.15) is 46.5 Å². The summed E-state index contributed by atoms with van der Waals surface area (Å²) in [7, 11) is -0.823. The second-order valence-electron chi connectivity index (χ2n) is 7.46. The number of sulfone groups is 1. The summed E-state index contributed by atoms with van der Waals surface area (Å²) < 4.78 is 22.6. The van der Waals surface area contributed by atoms with Crippen LogP contribution in [0.4, 0.5) is 0 Å². The largest absolute Gasteiger partial charge is 0.313 e. The number of nitrogens with one attached hydrogen (secondary N) is 1. The van der Waals surface area contributed by atoms with E-state index in [1.165, 1.54) is 25.5 Å². The Hall–Kier alpha value is -0.130. The summed E-state index contributed by atoms with van der Waals surface area (Å²) in [6.07, 6.45) is 6.27. The van der Waals surface area contributed by atoms with Crippen LogP contribution in [-0.2, 0) is 9.84 Å². The van der Waals surface area contributed by atoms with Crippen molar-refractivity contribution in [3.63, 3.8) is 0 Å². The maximum Gasteiger partial charge on any atom is 0.148 e. The van der Waals surface area contributed by atoms with Gasteiger partial charge in [0.05, 0.1) is 5.75 Å². The van der Waals surface area contributed by atoms with Crippen molar-refractivity contribution in [2.45, 2.75) is 52.5 Å². The van der Waals surface area contributed by atoms with Crippen LogP contribution < -0.4 is 5.32 Å². The molecule has 0 bridgehead atoms. The SMILES string of the molecule is CCCNC1C(CN(C)CCS(C)(=O)=O)CCCC1(C)C. The summed E-state index contributed by atoms with van der Waals surface area (Å²) in [5, 5.41) is 3.74. The Morgan fingerprint density at radius 1 is 1.33 bits per heavy atom. The Kier molecular flexibility index (Phi) is 7.14. The van der Waals surface area contributed by atoms with Crippen molar-refractivity contribution >= 4 is 9.84 Å². The van der Waals surface area contributed by atoms with Crippen molar-refractivity contribution in [1.82, 2.24) is 10.2 Å². The zero-order valence-corrected chi connectivity index (χ0v) is 15.3. The minimum absolute atomic E-state index is 0.257. The molecule has 0 spiro atoms. The molecular formula is C16H34N2O2S. The standard InChI is InChI=1S/C16H34N2O2S/c1-6-10-17-15-14(8-7-9-16(15,2)3)13-18(4)11-12-21(5,19)20/h14-15,17H,6-13H2,1-5H3. The maximum atomic E-state index is 11.3. The maximum absolute atomic E-state index is 11.3. The molecule has 0 aromatic carbocycles.